The highest BCUT2D eigenvalue weighted by atomic mass is 16.5. The molecule has 0 radical (unpaired) electrons. The molecule has 1 atom stereocenters. The first-order valence-corrected chi connectivity index (χ1v) is 5.73. The van der Waals surface area contributed by atoms with Crippen LogP contribution in [0.25, 0.3) is 0 Å². The van der Waals surface area contributed by atoms with Crippen molar-refractivity contribution >= 4 is 0 Å². The lowest BCUT2D eigenvalue weighted by Crippen LogP contribution is -2.17. The van der Waals surface area contributed by atoms with Gasteiger partial charge in [-0.25, -0.2) is 4.68 Å². The SMILES string of the molecule is COC[C@@H](O)Cc1cn(Cc2cccnc2)nn1. The fraction of sp³-hybridized carbons (Fsp3) is 0.417. The Hall–Kier alpha value is -1.79. The maximum absolute atomic E-state index is 9.59. The predicted molar refractivity (Wildman–Crippen MR) is 64.9 cm³/mol. The van der Waals surface area contributed by atoms with Crippen molar-refractivity contribution in [2.75, 3.05) is 13.7 Å². The molecule has 0 aromatic carbocycles. The highest BCUT2D eigenvalue weighted by Gasteiger charge is 2.08. The molecule has 0 aliphatic rings. The summed E-state index contributed by atoms with van der Waals surface area (Å²) < 4.78 is 6.59. The third-order valence-electron chi connectivity index (χ3n) is 2.46. The number of rotatable bonds is 6. The lowest BCUT2D eigenvalue weighted by molar-refractivity contribution is 0.0644. The molecule has 18 heavy (non-hydrogen) atoms. The molecule has 2 aromatic rings. The second kappa shape index (κ2) is 6.23. The molecule has 2 aromatic heterocycles. The molecule has 0 aliphatic heterocycles. The molecule has 0 spiro atoms. The molecule has 0 bridgehead atoms. The minimum Gasteiger partial charge on any atom is -0.390 e. The van der Waals surface area contributed by atoms with E-state index in [-0.39, 0.29) is 0 Å². The predicted octanol–water partition coefficient (Wildman–Crippen LogP) is 0.271. The summed E-state index contributed by atoms with van der Waals surface area (Å²) in [5.41, 5.74) is 1.81. The van der Waals surface area contributed by atoms with Crippen molar-refractivity contribution in [3.8, 4) is 0 Å². The number of ether oxygens (including phenoxy) is 1. The Morgan fingerprint density at radius 1 is 1.50 bits per heavy atom. The van der Waals surface area contributed by atoms with E-state index in [0.717, 1.165) is 11.3 Å². The van der Waals surface area contributed by atoms with Crippen molar-refractivity contribution in [3.63, 3.8) is 0 Å². The molecule has 96 valence electrons. The van der Waals surface area contributed by atoms with Crippen molar-refractivity contribution < 1.29 is 9.84 Å². The smallest absolute Gasteiger partial charge is 0.0853 e. The van der Waals surface area contributed by atoms with Gasteiger partial charge < -0.3 is 9.84 Å². The van der Waals surface area contributed by atoms with E-state index in [2.05, 4.69) is 15.3 Å². The average Bonchev–Trinajstić information content (AvgIpc) is 2.78. The molecular weight excluding hydrogens is 232 g/mol. The van der Waals surface area contributed by atoms with Crippen molar-refractivity contribution in [1.82, 2.24) is 20.0 Å². The number of hydrogen-bond donors (Lipinski definition) is 1. The van der Waals surface area contributed by atoms with E-state index in [9.17, 15) is 5.11 Å². The number of methoxy groups -OCH3 is 1. The number of pyridine rings is 1. The highest BCUT2D eigenvalue weighted by molar-refractivity contribution is 5.09. The molecule has 0 unspecified atom stereocenters. The molecule has 0 aliphatic carbocycles. The monoisotopic (exact) mass is 248 g/mol. The summed E-state index contributed by atoms with van der Waals surface area (Å²) >= 11 is 0. The number of aliphatic hydroxyl groups excluding tert-OH is 1. The van der Waals surface area contributed by atoms with Crippen LogP contribution in [0.15, 0.2) is 30.7 Å². The van der Waals surface area contributed by atoms with Crippen LogP contribution in [0, 0.1) is 0 Å². The van der Waals surface area contributed by atoms with Crippen LogP contribution < -0.4 is 0 Å². The normalized spacial score (nSPS) is 12.6. The first-order valence-electron chi connectivity index (χ1n) is 5.73. The fourth-order valence-corrected chi connectivity index (χ4v) is 1.68. The van der Waals surface area contributed by atoms with Crippen molar-refractivity contribution in [3.05, 3.63) is 42.0 Å². The van der Waals surface area contributed by atoms with Crippen molar-refractivity contribution in [1.29, 1.82) is 0 Å². The highest BCUT2D eigenvalue weighted by Crippen LogP contribution is 2.03. The molecule has 1 N–H and O–H groups in total. The van der Waals surface area contributed by atoms with Crippen LogP contribution in [0.2, 0.25) is 0 Å². The van der Waals surface area contributed by atoms with Gasteiger partial charge in [-0.15, -0.1) is 5.10 Å². The minimum atomic E-state index is -0.543. The van der Waals surface area contributed by atoms with E-state index in [1.165, 1.54) is 0 Å². The second-order valence-corrected chi connectivity index (χ2v) is 4.08. The first kappa shape index (κ1) is 12.7. The zero-order chi connectivity index (χ0) is 12.8. The largest absolute Gasteiger partial charge is 0.390 e. The maximum atomic E-state index is 9.59. The number of nitrogens with zero attached hydrogens (tertiary/aromatic N) is 4. The summed E-state index contributed by atoms with van der Waals surface area (Å²) in [6, 6.07) is 3.86. The van der Waals surface area contributed by atoms with Crippen molar-refractivity contribution in [2.45, 2.75) is 19.1 Å². The van der Waals surface area contributed by atoms with Gasteiger partial charge in [0.15, 0.2) is 0 Å². The quantitative estimate of drug-likeness (QED) is 0.794. The van der Waals surface area contributed by atoms with Gasteiger partial charge in [-0.2, -0.15) is 0 Å². The molecule has 0 saturated heterocycles. The maximum Gasteiger partial charge on any atom is 0.0853 e. The van der Waals surface area contributed by atoms with Gasteiger partial charge in [0, 0.05) is 32.1 Å². The summed E-state index contributed by atoms with van der Waals surface area (Å²) in [5, 5.41) is 17.6. The molecular formula is C12H16N4O2. The van der Waals surface area contributed by atoms with Gasteiger partial charge >= 0.3 is 0 Å². The van der Waals surface area contributed by atoms with Gasteiger partial charge in [-0.05, 0) is 11.6 Å². The Morgan fingerprint density at radius 3 is 3.11 bits per heavy atom. The molecule has 2 heterocycles. The Bertz CT molecular complexity index is 472. The number of hydrogen-bond acceptors (Lipinski definition) is 5. The van der Waals surface area contributed by atoms with Gasteiger partial charge in [-0.1, -0.05) is 11.3 Å². The van der Waals surface area contributed by atoms with Crippen LogP contribution in [-0.2, 0) is 17.7 Å². The molecule has 6 nitrogen and oxygen atoms in total. The minimum absolute atomic E-state index is 0.301. The second-order valence-electron chi connectivity index (χ2n) is 4.08. The Morgan fingerprint density at radius 2 is 2.39 bits per heavy atom. The summed E-state index contributed by atoms with van der Waals surface area (Å²) in [7, 11) is 1.56. The van der Waals surface area contributed by atoms with Crippen molar-refractivity contribution in [2.24, 2.45) is 0 Å². The van der Waals surface area contributed by atoms with Crippen LogP contribution in [0.1, 0.15) is 11.3 Å². The third kappa shape index (κ3) is 3.61. The summed E-state index contributed by atoms with van der Waals surface area (Å²) in [6.07, 6.45) is 5.25. The van der Waals surface area contributed by atoms with E-state index in [0.29, 0.717) is 19.6 Å². The number of aliphatic hydroxyl groups is 1. The Labute approximate surface area is 105 Å². The molecule has 0 amide bonds. The Kier molecular flexibility index (Phi) is 4.38. The average molecular weight is 248 g/mol. The van der Waals surface area contributed by atoms with Gasteiger partial charge in [0.2, 0.25) is 0 Å². The fourth-order valence-electron chi connectivity index (χ4n) is 1.68. The molecule has 0 saturated carbocycles. The molecule has 6 heteroatoms. The molecule has 0 fully saturated rings. The summed E-state index contributed by atoms with van der Waals surface area (Å²) in [4.78, 5) is 4.04. The van der Waals surface area contributed by atoms with E-state index in [1.807, 2.05) is 18.3 Å². The summed E-state index contributed by atoms with van der Waals surface area (Å²) in [6.45, 7) is 0.927. The van der Waals surface area contributed by atoms with E-state index in [1.54, 1.807) is 24.2 Å². The zero-order valence-corrected chi connectivity index (χ0v) is 10.2. The molecule has 2 rings (SSSR count). The topological polar surface area (TPSA) is 73.1 Å². The lowest BCUT2D eigenvalue weighted by atomic mass is 10.2. The van der Waals surface area contributed by atoms with Crippen LogP contribution in [-0.4, -0.2) is 44.9 Å². The van der Waals surface area contributed by atoms with E-state index in [4.69, 9.17) is 4.74 Å². The van der Waals surface area contributed by atoms with Gasteiger partial charge in [-0.3, -0.25) is 4.98 Å². The first-order chi connectivity index (χ1) is 8.78. The van der Waals surface area contributed by atoms with Crippen LogP contribution in [0.5, 0.6) is 0 Å². The lowest BCUT2D eigenvalue weighted by Gasteiger charge is -2.05. The van der Waals surface area contributed by atoms with Gasteiger partial charge in [0.05, 0.1) is 24.9 Å². The number of aromatic nitrogens is 4. The third-order valence-corrected chi connectivity index (χ3v) is 2.46. The van der Waals surface area contributed by atoms with Crippen LogP contribution in [0.3, 0.4) is 0 Å². The summed E-state index contributed by atoms with van der Waals surface area (Å²) in [5.74, 6) is 0. The van der Waals surface area contributed by atoms with Gasteiger partial charge in [0.1, 0.15) is 0 Å². The van der Waals surface area contributed by atoms with E-state index < -0.39 is 6.10 Å². The van der Waals surface area contributed by atoms with Crippen LogP contribution in [0.4, 0.5) is 0 Å². The van der Waals surface area contributed by atoms with Crippen LogP contribution >= 0.6 is 0 Å². The Balaban J connectivity index is 1.94. The zero-order valence-electron chi connectivity index (χ0n) is 10.2. The van der Waals surface area contributed by atoms with Gasteiger partial charge in [0.25, 0.3) is 0 Å². The van der Waals surface area contributed by atoms with E-state index >= 15 is 0 Å². The standard InChI is InChI=1S/C12H16N4O2/c1-18-9-12(17)5-11-8-16(15-14-11)7-10-3-2-4-13-6-10/h2-4,6,8,12,17H,5,7,9H2,1H3/t12-/m0/s1.